The van der Waals surface area contributed by atoms with Crippen molar-refractivity contribution in [1.29, 1.82) is 0 Å². The monoisotopic (exact) mass is 1190 g/mol. The van der Waals surface area contributed by atoms with Gasteiger partial charge in [-0.2, -0.15) is 0 Å². The van der Waals surface area contributed by atoms with Crippen molar-refractivity contribution in [3.05, 3.63) is 283 Å². The average Bonchev–Trinajstić information content (AvgIpc) is 1.56. The Labute approximate surface area is 522 Å². The molecule has 0 aliphatic rings. The van der Waals surface area contributed by atoms with E-state index in [0.717, 1.165) is 93.6 Å². The lowest BCUT2D eigenvalue weighted by Crippen LogP contribution is -2.10. The summed E-state index contributed by atoms with van der Waals surface area (Å²) in [5.41, 5.74) is 21.2. The summed E-state index contributed by atoms with van der Waals surface area (Å²) >= 11 is 15.4. The second-order valence-electron chi connectivity index (χ2n) is 23.8. The molecule has 0 bridgehead atoms. The molecule has 20 rings (SSSR count). The Morgan fingerprint density at radius 1 is 0.281 bits per heavy atom. The third-order valence-corrected chi connectivity index (χ3v) is 20.5. The van der Waals surface area contributed by atoms with Crippen LogP contribution in [0.2, 0.25) is 10.0 Å². The van der Waals surface area contributed by atoms with Crippen molar-refractivity contribution < 1.29 is 4.42 Å². The molecule has 89 heavy (non-hydrogen) atoms. The predicted octanol–water partition coefficient (Wildman–Crippen LogP) is 24.9. The van der Waals surface area contributed by atoms with E-state index in [1.807, 2.05) is 29.5 Å². The molecule has 14 aromatic carbocycles. The first-order chi connectivity index (χ1) is 43.9. The number of aromatic nitrogens is 2. The SMILES string of the molecule is Clc1ccc(N(c2cccc(-c3cccc(-c4cc5c6cc(-c7ccccc7)cc7sc8cc(-c9ccccc9)cc(c8c76)n6c7cc8ccc(Cl)cc8cc7c(c4)c56)c3)c2)c2ccc3c(c2)c2cccc4c5cccc6oc7cccc(c7c65)n3c42)cc1. The molecule has 0 radical (unpaired) electrons. The smallest absolute Gasteiger partial charge is 0.137 e. The molecule has 0 N–H and O–H groups in total. The largest absolute Gasteiger partial charge is 0.456 e. The Morgan fingerprint density at radius 3 is 1.64 bits per heavy atom. The number of benzene rings is 14. The quantitative estimate of drug-likeness (QED) is 0.159. The van der Waals surface area contributed by atoms with Crippen molar-refractivity contribution in [2.24, 2.45) is 0 Å². The summed E-state index contributed by atoms with van der Waals surface area (Å²) in [6, 6.07) is 100. The minimum atomic E-state index is 0.687. The van der Waals surface area contributed by atoms with Crippen LogP contribution in [0, 0.1) is 0 Å². The molecule has 0 spiro atoms. The highest BCUT2D eigenvalue weighted by Gasteiger charge is 2.26. The Hall–Kier alpha value is -10.7. The molecule has 0 amide bonds. The molecule has 414 valence electrons. The van der Waals surface area contributed by atoms with Crippen molar-refractivity contribution in [2.45, 2.75) is 0 Å². The average molecular weight is 1190 g/mol. The Balaban J connectivity index is 0.798. The van der Waals surface area contributed by atoms with Crippen LogP contribution < -0.4 is 4.90 Å². The lowest BCUT2D eigenvalue weighted by molar-refractivity contribution is 0.669. The number of nitrogens with zero attached hydrogens (tertiary/aromatic N) is 3. The van der Waals surface area contributed by atoms with Crippen molar-refractivity contribution in [3.63, 3.8) is 0 Å². The van der Waals surface area contributed by atoms with Crippen LogP contribution in [0.4, 0.5) is 17.1 Å². The normalized spacial score (nSPS) is 12.4. The fourth-order valence-corrected chi connectivity index (χ4v) is 16.7. The summed E-state index contributed by atoms with van der Waals surface area (Å²) in [7, 11) is 0. The standard InChI is InChI=1S/C82H45Cl2N3OS/c83-56-28-30-58(31-29-56)85(60-32-33-69-65(45-60)63-22-9-21-62-61-20-10-24-73-77(61)79-70(86(69)81(62)63)23-11-25-74(79)88-73)59-19-8-18-50(36-59)48-16-7-17-49(34-48)53-39-67-64-37-52-35-57(84)27-26-51(52)41-71(64)87-72-42-55(47-14-5-2-6-15-47)44-76-80(72)78-66(68(40-53)82(67)87)38-54(43-75(78)89-76)46-12-3-1-4-13-46/h1-45H. The lowest BCUT2D eigenvalue weighted by Gasteiger charge is -2.26. The summed E-state index contributed by atoms with van der Waals surface area (Å²) in [5, 5.41) is 18.1. The number of fused-ring (bicyclic) bond motifs is 11. The van der Waals surface area contributed by atoms with Crippen LogP contribution in [0.3, 0.4) is 0 Å². The van der Waals surface area contributed by atoms with Gasteiger partial charge in [-0.05, 0) is 206 Å². The van der Waals surface area contributed by atoms with Crippen molar-refractivity contribution in [3.8, 4) is 44.5 Å². The molecule has 6 heterocycles. The summed E-state index contributed by atoms with van der Waals surface area (Å²) in [6.45, 7) is 0. The number of para-hydroxylation sites is 1. The molecular formula is C82H45Cl2N3OS. The highest BCUT2D eigenvalue weighted by molar-refractivity contribution is 7.26. The van der Waals surface area contributed by atoms with Gasteiger partial charge in [0.2, 0.25) is 0 Å². The molecule has 4 nitrogen and oxygen atoms in total. The second-order valence-corrected chi connectivity index (χ2v) is 25.8. The van der Waals surface area contributed by atoms with Gasteiger partial charge in [0, 0.05) is 85.0 Å². The first-order valence-corrected chi connectivity index (χ1v) is 31.6. The Bertz CT molecular complexity index is 6380. The number of thiophene rings is 1. The van der Waals surface area contributed by atoms with E-state index in [4.69, 9.17) is 27.6 Å². The molecule has 0 unspecified atom stereocenters. The van der Waals surface area contributed by atoms with E-state index in [1.165, 1.54) is 102 Å². The first kappa shape index (κ1) is 49.5. The number of hydrogen-bond acceptors (Lipinski definition) is 3. The third kappa shape index (κ3) is 7.18. The number of rotatable bonds is 7. The lowest BCUT2D eigenvalue weighted by atomic mass is 9.93. The fourth-order valence-electron chi connectivity index (χ4n) is 15.1. The maximum Gasteiger partial charge on any atom is 0.137 e. The van der Waals surface area contributed by atoms with Gasteiger partial charge in [-0.3, -0.25) is 0 Å². The maximum atomic E-state index is 6.80. The number of halogens is 2. The zero-order valence-electron chi connectivity index (χ0n) is 47.4. The Morgan fingerprint density at radius 2 is 0.843 bits per heavy atom. The van der Waals surface area contributed by atoms with Crippen LogP contribution in [0.25, 0.3) is 174 Å². The molecule has 0 saturated carbocycles. The van der Waals surface area contributed by atoms with Gasteiger partial charge in [0.15, 0.2) is 0 Å². The molecule has 0 atom stereocenters. The van der Waals surface area contributed by atoms with E-state index >= 15 is 0 Å². The highest BCUT2D eigenvalue weighted by Crippen LogP contribution is 2.51. The van der Waals surface area contributed by atoms with Crippen molar-refractivity contribution in [2.75, 3.05) is 4.90 Å². The van der Waals surface area contributed by atoms with E-state index < -0.39 is 0 Å². The second kappa shape index (κ2) is 18.4. The van der Waals surface area contributed by atoms with Crippen LogP contribution >= 0.6 is 34.5 Å². The number of furan rings is 1. The molecule has 6 aromatic heterocycles. The predicted molar refractivity (Wildman–Crippen MR) is 380 cm³/mol. The minimum absolute atomic E-state index is 0.687. The fraction of sp³-hybridized carbons (Fsp3) is 0. The molecular weight excluding hydrogens is 1150 g/mol. The number of anilines is 3. The molecule has 0 aliphatic heterocycles. The van der Waals surface area contributed by atoms with Gasteiger partial charge >= 0.3 is 0 Å². The minimum Gasteiger partial charge on any atom is -0.456 e. The zero-order chi connectivity index (χ0) is 58.3. The Kier molecular flexibility index (Phi) is 10.2. The van der Waals surface area contributed by atoms with E-state index in [9.17, 15) is 0 Å². The highest BCUT2D eigenvalue weighted by atomic mass is 35.5. The summed E-state index contributed by atoms with van der Waals surface area (Å²) in [4.78, 5) is 2.36. The summed E-state index contributed by atoms with van der Waals surface area (Å²) in [6.07, 6.45) is 0. The van der Waals surface area contributed by atoms with Crippen molar-refractivity contribution in [1.82, 2.24) is 8.80 Å². The van der Waals surface area contributed by atoms with Gasteiger partial charge < -0.3 is 18.1 Å². The summed E-state index contributed by atoms with van der Waals surface area (Å²) in [5.74, 6) is 0. The first-order valence-electron chi connectivity index (χ1n) is 30.1. The van der Waals surface area contributed by atoms with Crippen LogP contribution in [-0.4, -0.2) is 8.80 Å². The topological polar surface area (TPSA) is 25.2 Å². The van der Waals surface area contributed by atoms with Crippen LogP contribution in [-0.2, 0) is 0 Å². The zero-order valence-corrected chi connectivity index (χ0v) is 49.7. The van der Waals surface area contributed by atoms with Crippen LogP contribution in [0.5, 0.6) is 0 Å². The van der Waals surface area contributed by atoms with E-state index in [-0.39, 0.29) is 0 Å². The van der Waals surface area contributed by atoms with Gasteiger partial charge in [0.25, 0.3) is 0 Å². The molecule has 20 aromatic rings. The molecule has 0 saturated heterocycles. The molecule has 0 fully saturated rings. The van der Waals surface area contributed by atoms with E-state index in [0.29, 0.717) is 5.02 Å². The molecule has 7 heteroatoms. The van der Waals surface area contributed by atoms with Crippen LogP contribution in [0.1, 0.15) is 0 Å². The van der Waals surface area contributed by atoms with Crippen molar-refractivity contribution >= 4 is 181 Å². The van der Waals surface area contributed by atoms with E-state index in [2.05, 4.69) is 268 Å². The van der Waals surface area contributed by atoms with Gasteiger partial charge in [-0.15, -0.1) is 11.3 Å². The van der Waals surface area contributed by atoms with Gasteiger partial charge in [-0.1, -0.05) is 157 Å². The summed E-state index contributed by atoms with van der Waals surface area (Å²) < 4.78 is 14.1. The van der Waals surface area contributed by atoms with Crippen LogP contribution in [0.15, 0.2) is 277 Å². The van der Waals surface area contributed by atoms with E-state index in [1.54, 1.807) is 0 Å². The third-order valence-electron chi connectivity index (χ3n) is 19.0. The van der Waals surface area contributed by atoms with Gasteiger partial charge in [-0.25, -0.2) is 0 Å². The van der Waals surface area contributed by atoms with Gasteiger partial charge in [0.05, 0.1) is 38.5 Å². The van der Waals surface area contributed by atoms with Gasteiger partial charge in [0.1, 0.15) is 11.2 Å². The number of hydrogen-bond donors (Lipinski definition) is 0. The molecule has 0 aliphatic carbocycles. The maximum absolute atomic E-state index is 6.80.